The Balaban J connectivity index is 1.79. The van der Waals surface area contributed by atoms with Gasteiger partial charge in [0.1, 0.15) is 11.5 Å². The Kier molecular flexibility index (Phi) is 4.77. The number of rotatable bonds is 5. The van der Waals surface area contributed by atoms with E-state index >= 15 is 0 Å². The molecule has 0 heterocycles. The SMILES string of the molecule is COCc1ccc(C(=O)Oc2ccc3ccc(OC)cc3c2)cc1. The van der Waals surface area contributed by atoms with Crippen LogP contribution in [0.15, 0.2) is 60.7 Å². The molecule has 24 heavy (non-hydrogen) atoms. The van der Waals surface area contributed by atoms with Crippen LogP contribution in [0.4, 0.5) is 0 Å². The summed E-state index contributed by atoms with van der Waals surface area (Å²) in [5.41, 5.74) is 1.51. The summed E-state index contributed by atoms with van der Waals surface area (Å²) < 4.78 is 15.8. The van der Waals surface area contributed by atoms with E-state index in [0.29, 0.717) is 17.9 Å². The smallest absolute Gasteiger partial charge is 0.343 e. The summed E-state index contributed by atoms with van der Waals surface area (Å²) in [5, 5.41) is 2.01. The van der Waals surface area contributed by atoms with Crippen molar-refractivity contribution in [1.29, 1.82) is 0 Å². The Morgan fingerprint density at radius 2 is 1.50 bits per heavy atom. The van der Waals surface area contributed by atoms with Gasteiger partial charge in [-0.25, -0.2) is 4.79 Å². The summed E-state index contributed by atoms with van der Waals surface area (Å²) in [6.07, 6.45) is 0. The van der Waals surface area contributed by atoms with Crippen molar-refractivity contribution in [3.8, 4) is 11.5 Å². The highest BCUT2D eigenvalue weighted by Crippen LogP contribution is 2.25. The van der Waals surface area contributed by atoms with Crippen molar-refractivity contribution in [3.05, 3.63) is 71.8 Å². The average Bonchev–Trinajstić information content (AvgIpc) is 2.62. The second-order valence-corrected chi connectivity index (χ2v) is 5.39. The molecule has 0 N–H and O–H groups in total. The zero-order chi connectivity index (χ0) is 16.9. The summed E-state index contributed by atoms with van der Waals surface area (Å²) >= 11 is 0. The maximum atomic E-state index is 12.3. The predicted molar refractivity (Wildman–Crippen MR) is 92.6 cm³/mol. The first-order valence-corrected chi connectivity index (χ1v) is 7.57. The minimum atomic E-state index is -0.388. The van der Waals surface area contributed by atoms with Crippen LogP contribution in [0.1, 0.15) is 15.9 Å². The molecule has 4 nitrogen and oxygen atoms in total. The van der Waals surface area contributed by atoms with Crippen LogP contribution in [-0.4, -0.2) is 20.2 Å². The van der Waals surface area contributed by atoms with E-state index in [1.165, 1.54) is 0 Å². The lowest BCUT2D eigenvalue weighted by atomic mass is 10.1. The van der Waals surface area contributed by atoms with Gasteiger partial charge in [0.05, 0.1) is 19.3 Å². The van der Waals surface area contributed by atoms with Gasteiger partial charge in [0.15, 0.2) is 0 Å². The molecule has 0 unspecified atom stereocenters. The quantitative estimate of drug-likeness (QED) is 0.521. The van der Waals surface area contributed by atoms with Crippen molar-refractivity contribution in [1.82, 2.24) is 0 Å². The number of hydrogen-bond donors (Lipinski definition) is 0. The van der Waals surface area contributed by atoms with E-state index in [2.05, 4.69) is 0 Å². The van der Waals surface area contributed by atoms with Crippen molar-refractivity contribution >= 4 is 16.7 Å². The number of methoxy groups -OCH3 is 2. The summed E-state index contributed by atoms with van der Waals surface area (Å²) in [7, 11) is 3.26. The Morgan fingerprint density at radius 3 is 2.17 bits per heavy atom. The highest BCUT2D eigenvalue weighted by molar-refractivity contribution is 5.92. The van der Waals surface area contributed by atoms with Crippen LogP contribution in [0, 0.1) is 0 Å². The van der Waals surface area contributed by atoms with E-state index in [9.17, 15) is 4.79 Å². The standard InChI is InChI=1S/C20H18O4/c1-22-13-14-3-5-16(6-4-14)20(21)24-19-10-8-15-7-9-18(23-2)11-17(15)12-19/h3-12H,13H2,1-2H3. The molecule has 0 radical (unpaired) electrons. The molecular weight excluding hydrogens is 304 g/mol. The van der Waals surface area contributed by atoms with Crippen LogP contribution in [-0.2, 0) is 11.3 Å². The molecule has 0 aliphatic rings. The van der Waals surface area contributed by atoms with Crippen molar-refractivity contribution in [3.63, 3.8) is 0 Å². The molecule has 0 fully saturated rings. The van der Waals surface area contributed by atoms with Crippen LogP contribution < -0.4 is 9.47 Å². The fraction of sp³-hybridized carbons (Fsp3) is 0.150. The molecule has 0 atom stereocenters. The summed E-state index contributed by atoms with van der Waals surface area (Å²) in [6.45, 7) is 0.516. The molecule has 4 heteroatoms. The van der Waals surface area contributed by atoms with Gasteiger partial charge < -0.3 is 14.2 Å². The van der Waals surface area contributed by atoms with Gasteiger partial charge in [0.25, 0.3) is 0 Å². The van der Waals surface area contributed by atoms with Crippen molar-refractivity contribution in [2.75, 3.05) is 14.2 Å². The third kappa shape index (κ3) is 3.55. The van der Waals surface area contributed by atoms with Gasteiger partial charge in [-0.2, -0.15) is 0 Å². The molecule has 0 saturated carbocycles. The summed E-state index contributed by atoms with van der Waals surface area (Å²) in [5.74, 6) is 0.877. The lowest BCUT2D eigenvalue weighted by Crippen LogP contribution is -2.08. The monoisotopic (exact) mass is 322 g/mol. The van der Waals surface area contributed by atoms with Gasteiger partial charge in [-0.3, -0.25) is 0 Å². The zero-order valence-corrected chi connectivity index (χ0v) is 13.6. The molecule has 0 spiro atoms. The second kappa shape index (κ2) is 7.15. The van der Waals surface area contributed by atoms with Crippen molar-refractivity contribution in [2.24, 2.45) is 0 Å². The van der Waals surface area contributed by atoms with E-state index in [-0.39, 0.29) is 5.97 Å². The lowest BCUT2D eigenvalue weighted by molar-refractivity contribution is 0.0735. The summed E-state index contributed by atoms with van der Waals surface area (Å²) in [4.78, 5) is 12.3. The molecular formula is C20H18O4. The van der Waals surface area contributed by atoms with E-state index in [4.69, 9.17) is 14.2 Å². The number of hydrogen-bond acceptors (Lipinski definition) is 4. The first-order chi connectivity index (χ1) is 11.7. The molecule has 122 valence electrons. The topological polar surface area (TPSA) is 44.8 Å². The molecule has 3 aromatic carbocycles. The van der Waals surface area contributed by atoms with Crippen LogP contribution in [0.25, 0.3) is 10.8 Å². The minimum Gasteiger partial charge on any atom is -0.497 e. The number of carbonyl (C=O) groups is 1. The third-order valence-electron chi connectivity index (χ3n) is 3.73. The molecule has 0 amide bonds. The van der Waals surface area contributed by atoms with Gasteiger partial charge in [0, 0.05) is 7.11 Å². The van der Waals surface area contributed by atoms with Crippen molar-refractivity contribution < 1.29 is 19.0 Å². The number of esters is 1. The number of carbonyl (C=O) groups excluding carboxylic acids is 1. The third-order valence-corrected chi connectivity index (χ3v) is 3.73. The van der Waals surface area contributed by atoms with Gasteiger partial charge in [-0.05, 0) is 52.7 Å². The van der Waals surface area contributed by atoms with Crippen LogP contribution in [0.3, 0.4) is 0 Å². The van der Waals surface area contributed by atoms with E-state index < -0.39 is 0 Å². The Morgan fingerprint density at radius 1 is 0.833 bits per heavy atom. The largest absolute Gasteiger partial charge is 0.497 e. The van der Waals surface area contributed by atoms with Crippen LogP contribution in [0.5, 0.6) is 11.5 Å². The first-order valence-electron chi connectivity index (χ1n) is 7.57. The van der Waals surface area contributed by atoms with E-state index in [1.807, 2.05) is 42.5 Å². The molecule has 0 aliphatic carbocycles. The minimum absolute atomic E-state index is 0.388. The van der Waals surface area contributed by atoms with E-state index in [0.717, 1.165) is 22.1 Å². The highest BCUT2D eigenvalue weighted by Gasteiger charge is 2.09. The summed E-state index contributed by atoms with van der Waals surface area (Å²) in [6, 6.07) is 18.5. The zero-order valence-electron chi connectivity index (χ0n) is 13.6. The van der Waals surface area contributed by atoms with E-state index in [1.54, 1.807) is 32.4 Å². The molecule has 0 saturated heterocycles. The first kappa shape index (κ1) is 16.0. The van der Waals surface area contributed by atoms with Crippen LogP contribution >= 0.6 is 0 Å². The van der Waals surface area contributed by atoms with Gasteiger partial charge >= 0.3 is 5.97 Å². The number of ether oxygens (including phenoxy) is 3. The average molecular weight is 322 g/mol. The predicted octanol–water partition coefficient (Wildman–Crippen LogP) is 4.21. The molecule has 3 aromatic rings. The van der Waals surface area contributed by atoms with Gasteiger partial charge in [-0.15, -0.1) is 0 Å². The Hall–Kier alpha value is -2.85. The normalized spacial score (nSPS) is 10.6. The Bertz CT molecular complexity index is 853. The lowest BCUT2D eigenvalue weighted by Gasteiger charge is -2.07. The maximum Gasteiger partial charge on any atom is 0.343 e. The number of fused-ring (bicyclic) bond motifs is 1. The molecule has 0 aliphatic heterocycles. The Labute approximate surface area is 140 Å². The van der Waals surface area contributed by atoms with Gasteiger partial charge in [0.2, 0.25) is 0 Å². The molecule has 0 bridgehead atoms. The molecule has 3 rings (SSSR count). The van der Waals surface area contributed by atoms with Crippen molar-refractivity contribution in [2.45, 2.75) is 6.61 Å². The maximum absolute atomic E-state index is 12.3. The number of benzene rings is 3. The highest BCUT2D eigenvalue weighted by atomic mass is 16.5. The fourth-order valence-corrected chi connectivity index (χ4v) is 2.46. The van der Waals surface area contributed by atoms with Crippen LogP contribution in [0.2, 0.25) is 0 Å². The van der Waals surface area contributed by atoms with Gasteiger partial charge in [-0.1, -0.05) is 24.3 Å². The fourth-order valence-electron chi connectivity index (χ4n) is 2.46. The molecule has 0 aromatic heterocycles. The second-order valence-electron chi connectivity index (χ2n) is 5.39.